The highest BCUT2D eigenvalue weighted by Crippen LogP contribution is 2.23. The first-order valence-electron chi connectivity index (χ1n) is 10.6. The maximum absolute atomic E-state index is 13.2. The van der Waals surface area contributed by atoms with E-state index in [0.29, 0.717) is 33.3 Å². The molecule has 2 heterocycles. The number of hydrogen-bond donors (Lipinski definition) is 2. The van der Waals surface area contributed by atoms with Gasteiger partial charge in [0.25, 0.3) is 5.56 Å². The quantitative estimate of drug-likeness (QED) is 0.285. The van der Waals surface area contributed by atoms with Crippen LogP contribution in [0.5, 0.6) is 0 Å². The molecule has 0 aliphatic carbocycles. The molecule has 4 aromatic rings. The third kappa shape index (κ3) is 5.55. The summed E-state index contributed by atoms with van der Waals surface area (Å²) in [5.74, 6) is -0.336. The second-order valence-corrected chi connectivity index (χ2v) is 9.80. The van der Waals surface area contributed by atoms with Crippen molar-refractivity contribution in [1.29, 1.82) is 0 Å². The number of carbonyl (C=O) groups is 2. The number of thioether (sulfide) groups is 1. The average molecular weight is 493 g/mol. The topological polar surface area (TPSA) is 93.1 Å². The first-order chi connectivity index (χ1) is 16.3. The molecule has 0 spiro atoms. The fraction of sp³-hybridized carbons (Fsp3) is 0.200. The summed E-state index contributed by atoms with van der Waals surface area (Å²) in [6.45, 7) is 5.90. The molecule has 174 valence electrons. The number of thiophene rings is 1. The monoisotopic (exact) mass is 492 g/mol. The number of carbonyl (C=O) groups excluding carboxylic acids is 2. The van der Waals surface area contributed by atoms with Crippen molar-refractivity contribution in [3.8, 4) is 0 Å². The molecule has 4 rings (SSSR count). The lowest BCUT2D eigenvalue weighted by Gasteiger charge is -2.13. The Morgan fingerprint density at radius 1 is 1.03 bits per heavy atom. The summed E-state index contributed by atoms with van der Waals surface area (Å²) in [6.07, 6.45) is 0. The van der Waals surface area contributed by atoms with Gasteiger partial charge in [0.2, 0.25) is 11.8 Å². The number of fused-ring (bicyclic) bond motifs is 1. The summed E-state index contributed by atoms with van der Waals surface area (Å²) >= 11 is 2.59. The van der Waals surface area contributed by atoms with Crippen molar-refractivity contribution in [1.82, 2.24) is 9.55 Å². The summed E-state index contributed by atoms with van der Waals surface area (Å²) in [5.41, 5.74) is 5.06. The molecule has 2 aromatic carbocycles. The molecular formula is C25H24N4O3S2. The number of aryl methyl sites for hydroxylation is 2. The van der Waals surface area contributed by atoms with E-state index in [1.807, 2.05) is 30.5 Å². The Bertz CT molecular complexity index is 1440. The fourth-order valence-corrected chi connectivity index (χ4v) is 5.04. The molecule has 0 fully saturated rings. The SMILES string of the molecule is CC(=O)Nc1cccc(NC(=O)CSc2nc3ccsc3c(=O)n2Cc2ccc(C)c(C)c2)c1. The van der Waals surface area contributed by atoms with Gasteiger partial charge in [0.15, 0.2) is 5.16 Å². The van der Waals surface area contributed by atoms with E-state index in [4.69, 9.17) is 0 Å². The van der Waals surface area contributed by atoms with E-state index in [2.05, 4.69) is 28.6 Å². The zero-order valence-corrected chi connectivity index (χ0v) is 20.7. The van der Waals surface area contributed by atoms with Crippen molar-refractivity contribution in [3.63, 3.8) is 0 Å². The van der Waals surface area contributed by atoms with Crippen LogP contribution in [0.1, 0.15) is 23.6 Å². The molecule has 0 atom stereocenters. The number of amides is 2. The van der Waals surface area contributed by atoms with E-state index in [1.54, 1.807) is 28.8 Å². The van der Waals surface area contributed by atoms with Gasteiger partial charge in [-0.2, -0.15) is 0 Å². The number of aromatic nitrogens is 2. The Kier molecular flexibility index (Phi) is 7.14. The number of hydrogen-bond acceptors (Lipinski definition) is 6. The molecule has 2 N–H and O–H groups in total. The Hall–Kier alpha value is -3.43. The Balaban J connectivity index is 1.54. The van der Waals surface area contributed by atoms with Crippen LogP contribution in [-0.4, -0.2) is 27.1 Å². The van der Waals surface area contributed by atoms with E-state index < -0.39 is 0 Å². The number of rotatable bonds is 7. The fourth-order valence-electron chi connectivity index (χ4n) is 3.46. The molecule has 0 aliphatic rings. The van der Waals surface area contributed by atoms with Crippen LogP contribution in [0.15, 0.2) is 63.9 Å². The lowest BCUT2D eigenvalue weighted by molar-refractivity contribution is -0.114. The lowest BCUT2D eigenvalue weighted by atomic mass is 10.1. The molecule has 34 heavy (non-hydrogen) atoms. The van der Waals surface area contributed by atoms with Gasteiger partial charge >= 0.3 is 0 Å². The zero-order valence-electron chi connectivity index (χ0n) is 19.0. The Morgan fingerprint density at radius 3 is 2.53 bits per heavy atom. The van der Waals surface area contributed by atoms with Gasteiger partial charge in [0, 0.05) is 18.3 Å². The van der Waals surface area contributed by atoms with Crippen LogP contribution >= 0.6 is 23.1 Å². The van der Waals surface area contributed by atoms with Crippen molar-refractivity contribution >= 4 is 56.5 Å². The van der Waals surface area contributed by atoms with Crippen LogP contribution in [0.25, 0.3) is 10.2 Å². The van der Waals surface area contributed by atoms with E-state index in [1.165, 1.54) is 35.6 Å². The van der Waals surface area contributed by atoms with Gasteiger partial charge in [-0.3, -0.25) is 19.0 Å². The zero-order chi connectivity index (χ0) is 24.2. The van der Waals surface area contributed by atoms with Gasteiger partial charge in [-0.05, 0) is 60.2 Å². The van der Waals surface area contributed by atoms with E-state index >= 15 is 0 Å². The second-order valence-electron chi connectivity index (χ2n) is 7.94. The summed E-state index contributed by atoms with van der Waals surface area (Å²) in [7, 11) is 0. The molecule has 0 radical (unpaired) electrons. The van der Waals surface area contributed by atoms with Crippen molar-refractivity contribution in [3.05, 3.63) is 81.0 Å². The van der Waals surface area contributed by atoms with E-state index in [-0.39, 0.29) is 23.1 Å². The molecular weight excluding hydrogens is 468 g/mol. The summed E-state index contributed by atoms with van der Waals surface area (Å²) in [5, 5.41) is 7.87. The lowest BCUT2D eigenvalue weighted by Crippen LogP contribution is -2.24. The Labute approximate surface area is 205 Å². The van der Waals surface area contributed by atoms with Crippen LogP contribution in [-0.2, 0) is 16.1 Å². The molecule has 7 nitrogen and oxygen atoms in total. The molecule has 0 saturated heterocycles. The normalized spacial score (nSPS) is 10.9. The molecule has 0 saturated carbocycles. The first kappa shape index (κ1) is 23.7. The van der Waals surface area contributed by atoms with Crippen LogP contribution in [0.3, 0.4) is 0 Å². The van der Waals surface area contributed by atoms with Crippen molar-refractivity contribution in [2.24, 2.45) is 0 Å². The van der Waals surface area contributed by atoms with Crippen LogP contribution in [0.4, 0.5) is 11.4 Å². The van der Waals surface area contributed by atoms with Crippen molar-refractivity contribution in [2.45, 2.75) is 32.5 Å². The predicted molar refractivity (Wildman–Crippen MR) is 139 cm³/mol. The highest BCUT2D eigenvalue weighted by molar-refractivity contribution is 7.99. The first-order valence-corrected chi connectivity index (χ1v) is 12.5. The van der Waals surface area contributed by atoms with Gasteiger partial charge in [0.1, 0.15) is 4.70 Å². The minimum absolute atomic E-state index is 0.0827. The Morgan fingerprint density at radius 2 is 1.79 bits per heavy atom. The van der Waals surface area contributed by atoms with Gasteiger partial charge < -0.3 is 10.6 Å². The number of anilines is 2. The standard InChI is InChI=1S/C25H24N4O3S2/c1-15-7-8-18(11-16(15)2)13-29-24(32)23-21(9-10-33-23)28-25(29)34-14-22(31)27-20-6-4-5-19(12-20)26-17(3)30/h4-12H,13-14H2,1-3H3,(H,26,30)(H,27,31). The summed E-state index contributed by atoms with van der Waals surface area (Å²) < 4.78 is 2.24. The predicted octanol–water partition coefficient (Wildman–Crippen LogP) is 4.81. The number of nitrogens with one attached hydrogen (secondary N) is 2. The molecule has 2 aromatic heterocycles. The maximum atomic E-state index is 13.2. The van der Waals surface area contributed by atoms with Gasteiger partial charge in [-0.1, -0.05) is 36.0 Å². The minimum atomic E-state index is -0.234. The second kappa shape index (κ2) is 10.2. The molecule has 0 aliphatic heterocycles. The minimum Gasteiger partial charge on any atom is -0.326 e. The smallest absolute Gasteiger partial charge is 0.272 e. The van der Waals surface area contributed by atoms with Crippen molar-refractivity contribution < 1.29 is 9.59 Å². The van der Waals surface area contributed by atoms with E-state index in [9.17, 15) is 14.4 Å². The molecule has 2 amide bonds. The third-order valence-electron chi connectivity index (χ3n) is 5.24. The summed E-state index contributed by atoms with van der Waals surface area (Å²) in [6, 6.07) is 14.9. The number of benzene rings is 2. The van der Waals surface area contributed by atoms with Gasteiger partial charge in [-0.15, -0.1) is 11.3 Å². The molecule has 0 unspecified atom stereocenters. The largest absolute Gasteiger partial charge is 0.326 e. The van der Waals surface area contributed by atoms with E-state index in [0.717, 1.165) is 11.1 Å². The van der Waals surface area contributed by atoms with Crippen LogP contribution in [0.2, 0.25) is 0 Å². The third-order valence-corrected chi connectivity index (χ3v) is 7.11. The van der Waals surface area contributed by atoms with Crippen molar-refractivity contribution in [2.75, 3.05) is 16.4 Å². The van der Waals surface area contributed by atoms with Gasteiger partial charge in [-0.25, -0.2) is 4.98 Å². The van der Waals surface area contributed by atoms with Crippen LogP contribution < -0.4 is 16.2 Å². The molecule has 0 bridgehead atoms. The molecule has 9 heteroatoms. The van der Waals surface area contributed by atoms with Crippen LogP contribution in [0, 0.1) is 13.8 Å². The summed E-state index contributed by atoms with van der Waals surface area (Å²) in [4.78, 5) is 41.8. The highest BCUT2D eigenvalue weighted by Gasteiger charge is 2.15. The average Bonchev–Trinajstić information content (AvgIpc) is 3.25. The number of nitrogens with zero attached hydrogens (tertiary/aromatic N) is 2. The maximum Gasteiger partial charge on any atom is 0.272 e. The highest BCUT2D eigenvalue weighted by atomic mass is 32.2. The van der Waals surface area contributed by atoms with Gasteiger partial charge in [0.05, 0.1) is 17.8 Å².